The van der Waals surface area contributed by atoms with Gasteiger partial charge in [-0.25, -0.2) is 8.42 Å². The van der Waals surface area contributed by atoms with Gasteiger partial charge in [0.05, 0.1) is 0 Å². The van der Waals surface area contributed by atoms with Gasteiger partial charge in [0.25, 0.3) is 10.0 Å². The minimum absolute atomic E-state index is 0.236. The number of hydrogen-bond acceptors (Lipinski definition) is 3. The van der Waals surface area contributed by atoms with E-state index in [2.05, 4.69) is 0 Å². The van der Waals surface area contributed by atoms with Crippen molar-refractivity contribution < 1.29 is 8.42 Å². The molecule has 1 heterocycles. The molecule has 0 aromatic carbocycles. The molecule has 17 heavy (non-hydrogen) atoms. The third-order valence-electron chi connectivity index (χ3n) is 3.07. The molecule has 1 aliphatic carbocycles. The van der Waals surface area contributed by atoms with Crippen molar-refractivity contribution in [1.29, 1.82) is 0 Å². The normalized spacial score (nSPS) is 24.9. The van der Waals surface area contributed by atoms with E-state index in [4.69, 9.17) is 11.6 Å². The van der Waals surface area contributed by atoms with Crippen LogP contribution < -0.4 is 0 Å². The van der Waals surface area contributed by atoms with E-state index in [9.17, 15) is 8.42 Å². The number of sulfonamides is 1. The van der Waals surface area contributed by atoms with E-state index < -0.39 is 10.0 Å². The Morgan fingerprint density at radius 2 is 2.12 bits per heavy atom. The van der Waals surface area contributed by atoms with Crippen LogP contribution in [0.3, 0.4) is 0 Å². The Balaban J connectivity index is 2.05. The van der Waals surface area contributed by atoms with Crippen LogP contribution in [0.1, 0.15) is 17.7 Å². The number of thiophene rings is 1. The lowest BCUT2D eigenvalue weighted by atomic mass is 9.85. The van der Waals surface area contributed by atoms with Crippen LogP contribution in [-0.2, 0) is 10.0 Å². The molecule has 0 atom stereocenters. The monoisotopic (exact) mass is 293 g/mol. The molecule has 2 rings (SSSR count). The molecule has 1 aromatic heterocycles. The van der Waals surface area contributed by atoms with Crippen molar-refractivity contribution in [2.45, 2.75) is 29.4 Å². The van der Waals surface area contributed by atoms with Crippen molar-refractivity contribution in [1.82, 2.24) is 4.31 Å². The van der Waals surface area contributed by atoms with Crippen LogP contribution in [0.4, 0.5) is 0 Å². The van der Waals surface area contributed by atoms with Crippen LogP contribution in [-0.4, -0.2) is 31.7 Å². The summed E-state index contributed by atoms with van der Waals surface area (Å²) in [5, 5.41) is 0.236. The molecule has 0 radical (unpaired) electrons. The van der Waals surface area contributed by atoms with Crippen molar-refractivity contribution in [3.05, 3.63) is 17.0 Å². The fourth-order valence-corrected chi connectivity index (χ4v) is 5.21. The summed E-state index contributed by atoms with van der Waals surface area (Å²) in [6.07, 6.45) is 1.84. The van der Waals surface area contributed by atoms with Gasteiger partial charge in [0.1, 0.15) is 4.21 Å². The van der Waals surface area contributed by atoms with Crippen LogP contribution >= 0.6 is 22.9 Å². The zero-order valence-corrected chi connectivity index (χ0v) is 12.3. The Hall–Kier alpha value is -0.100. The first-order chi connectivity index (χ1) is 7.89. The molecule has 0 aliphatic heterocycles. The Labute approximate surface area is 111 Å². The van der Waals surface area contributed by atoms with Crippen molar-refractivity contribution in [2.75, 3.05) is 13.6 Å². The first-order valence-electron chi connectivity index (χ1n) is 5.56. The summed E-state index contributed by atoms with van der Waals surface area (Å²) < 4.78 is 26.3. The molecule has 0 saturated heterocycles. The molecule has 0 N–H and O–H groups in total. The maximum absolute atomic E-state index is 12.2. The second-order valence-electron chi connectivity index (χ2n) is 4.59. The van der Waals surface area contributed by atoms with Crippen molar-refractivity contribution in [3.8, 4) is 0 Å². The predicted molar refractivity (Wildman–Crippen MR) is 71.2 cm³/mol. The van der Waals surface area contributed by atoms with Crippen LogP contribution in [0.2, 0.25) is 0 Å². The second-order valence-corrected chi connectivity index (χ2v) is 8.76. The van der Waals surface area contributed by atoms with Crippen LogP contribution in [0.25, 0.3) is 0 Å². The third-order valence-corrected chi connectivity index (χ3v) is 6.72. The summed E-state index contributed by atoms with van der Waals surface area (Å²) in [4.78, 5) is 1.02. The van der Waals surface area contributed by atoms with E-state index in [-0.39, 0.29) is 5.38 Å². The first kappa shape index (κ1) is 13.3. The quantitative estimate of drug-likeness (QED) is 0.801. The zero-order valence-electron chi connectivity index (χ0n) is 9.89. The Kier molecular flexibility index (Phi) is 3.83. The summed E-state index contributed by atoms with van der Waals surface area (Å²) >= 11 is 7.22. The third kappa shape index (κ3) is 2.84. The van der Waals surface area contributed by atoms with Gasteiger partial charge in [0.15, 0.2) is 0 Å². The van der Waals surface area contributed by atoms with E-state index in [0.717, 1.165) is 17.7 Å². The zero-order chi connectivity index (χ0) is 12.6. The number of rotatable bonds is 4. The molecule has 1 saturated carbocycles. The Morgan fingerprint density at radius 1 is 1.47 bits per heavy atom. The molecule has 6 heteroatoms. The molecule has 0 amide bonds. The maximum atomic E-state index is 12.2. The largest absolute Gasteiger partial charge is 0.252 e. The number of nitrogens with zero attached hydrogens (tertiary/aromatic N) is 1. The number of aryl methyl sites for hydroxylation is 1. The van der Waals surface area contributed by atoms with Gasteiger partial charge < -0.3 is 0 Å². The topological polar surface area (TPSA) is 37.4 Å². The lowest BCUT2D eigenvalue weighted by molar-refractivity contribution is 0.269. The smallest absolute Gasteiger partial charge is 0.206 e. The predicted octanol–water partition coefficient (Wildman–Crippen LogP) is 2.69. The molecule has 0 spiro atoms. The lowest BCUT2D eigenvalue weighted by Gasteiger charge is -2.33. The molecular weight excluding hydrogens is 278 g/mol. The van der Waals surface area contributed by atoms with Crippen molar-refractivity contribution in [3.63, 3.8) is 0 Å². The van der Waals surface area contributed by atoms with Crippen LogP contribution in [0.5, 0.6) is 0 Å². The van der Waals surface area contributed by atoms with Gasteiger partial charge >= 0.3 is 0 Å². The van der Waals surface area contributed by atoms with E-state index in [1.807, 2.05) is 13.0 Å². The van der Waals surface area contributed by atoms with E-state index in [1.165, 1.54) is 15.6 Å². The van der Waals surface area contributed by atoms with Crippen LogP contribution in [0, 0.1) is 12.8 Å². The van der Waals surface area contributed by atoms with Crippen molar-refractivity contribution in [2.24, 2.45) is 5.92 Å². The van der Waals surface area contributed by atoms with Gasteiger partial charge in [-0.2, -0.15) is 4.31 Å². The number of alkyl halides is 1. The Morgan fingerprint density at radius 3 is 2.59 bits per heavy atom. The standard InChI is InChI=1S/C11H16ClNO2S2/c1-8-3-4-11(16-8)17(14,15)13(2)7-9-5-10(12)6-9/h3-4,9-10H,5-7H2,1-2H3. The molecule has 3 nitrogen and oxygen atoms in total. The SMILES string of the molecule is Cc1ccc(S(=O)(=O)N(C)CC2CC(Cl)C2)s1. The molecule has 0 unspecified atom stereocenters. The molecule has 1 aromatic rings. The number of halogens is 1. The summed E-state index contributed by atoms with van der Waals surface area (Å²) in [5.74, 6) is 0.415. The number of hydrogen-bond donors (Lipinski definition) is 0. The average Bonchev–Trinajstić information content (AvgIpc) is 2.63. The van der Waals surface area contributed by atoms with Gasteiger partial charge in [-0.15, -0.1) is 22.9 Å². The summed E-state index contributed by atoms with van der Waals surface area (Å²) in [6, 6.07) is 3.51. The summed E-state index contributed by atoms with van der Waals surface area (Å²) in [7, 11) is -1.65. The van der Waals surface area contributed by atoms with E-state index in [1.54, 1.807) is 13.1 Å². The fourth-order valence-electron chi connectivity index (χ4n) is 1.97. The van der Waals surface area contributed by atoms with Gasteiger partial charge in [-0.1, -0.05) is 0 Å². The highest BCUT2D eigenvalue weighted by Gasteiger charge is 2.32. The lowest BCUT2D eigenvalue weighted by Crippen LogP contribution is -2.37. The van der Waals surface area contributed by atoms with E-state index in [0.29, 0.717) is 16.7 Å². The fraction of sp³-hybridized carbons (Fsp3) is 0.636. The maximum Gasteiger partial charge on any atom is 0.252 e. The second kappa shape index (κ2) is 4.88. The minimum atomic E-state index is -3.30. The van der Waals surface area contributed by atoms with Crippen LogP contribution in [0.15, 0.2) is 16.3 Å². The van der Waals surface area contributed by atoms with Gasteiger partial charge in [0.2, 0.25) is 0 Å². The van der Waals surface area contributed by atoms with Gasteiger partial charge in [-0.05, 0) is 37.8 Å². The summed E-state index contributed by atoms with van der Waals surface area (Å²) in [5.41, 5.74) is 0. The molecule has 1 aliphatic rings. The first-order valence-corrected chi connectivity index (χ1v) is 8.25. The van der Waals surface area contributed by atoms with Gasteiger partial charge in [-0.3, -0.25) is 0 Å². The van der Waals surface area contributed by atoms with E-state index >= 15 is 0 Å². The molecule has 1 fully saturated rings. The highest BCUT2D eigenvalue weighted by atomic mass is 35.5. The summed E-state index contributed by atoms with van der Waals surface area (Å²) in [6.45, 7) is 2.48. The molecule has 96 valence electrons. The highest BCUT2D eigenvalue weighted by Crippen LogP contribution is 2.33. The Bertz CT molecular complexity index is 491. The molecule has 0 bridgehead atoms. The average molecular weight is 294 g/mol. The molecular formula is C11H16ClNO2S2. The van der Waals surface area contributed by atoms with Gasteiger partial charge in [0, 0.05) is 23.8 Å². The minimum Gasteiger partial charge on any atom is -0.206 e. The van der Waals surface area contributed by atoms with Crippen molar-refractivity contribution >= 4 is 33.0 Å². The highest BCUT2D eigenvalue weighted by molar-refractivity contribution is 7.91.